The van der Waals surface area contributed by atoms with E-state index in [-0.39, 0.29) is 24.3 Å². The Balaban J connectivity index is 1.81. The lowest BCUT2D eigenvalue weighted by Gasteiger charge is -2.36. The van der Waals surface area contributed by atoms with Gasteiger partial charge in [0.25, 0.3) is 0 Å². The van der Waals surface area contributed by atoms with Gasteiger partial charge in [-0.25, -0.2) is 0 Å². The Morgan fingerprint density at radius 3 is 2.48 bits per heavy atom. The van der Waals surface area contributed by atoms with Crippen LogP contribution in [0.3, 0.4) is 0 Å². The first-order valence-electron chi connectivity index (χ1n) is 8.08. The van der Waals surface area contributed by atoms with E-state index < -0.39 is 0 Å². The Morgan fingerprint density at radius 2 is 1.87 bits per heavy atom. The first-order valence-corrected chi connectivity index (χ1v) is 8.45. The molecule has 1 fully saturated rings. The Bertz CT molecular complexity index is 557. The molecule has 1 aromatic rings. The molecule has 0 radical (unpaired) electrons. The summed E-state index contributed by atoms with van der Waals surface area (Å²) in [5, 5.41) is 3.45. The zero-order valence-electron chi connectivity index (χ0n) is 13.7. The van der Waals surface area contributed by atoms with Crippen molar-refractivity contribution >= 4 is 29.1 Å². The van der Waals surface area contributed by atoms with Crippen LogP contribution in [0.25, 0.3) is 0 Å². The van der Waals surface area contributed by atoms with Crippen molar-refractivity contribution in [2.24, 2.45) is 5.92 Å². The highest BCUT2D eigenvalue weighted by atomic mass is 35.5. The van der Waals surface area contributed by atoms with Gasteiger partial charge in [-0.05, 0) is 18.6 Å². The standard InChI is InChI=1S/C17H24ClN3O2/c1-3-13(2)17(23)19-12-16(22)21-10-8-20(9-11-21)15-7-5-4-6-14(15)18/h4-7,13H,3,8-12H2,1-2H3,(H,19,23)/t13-/m1/s1. The summed E-state index contributed by atoms with van der Waals surface area (Å²) in [6, 6.07) is 7.74. The van der Waals surface area contributed by atoms with E-state index in [1.165, 1.54) is 0 Å². The van der Waals surface area contributed by atoms with Gasteiger partial charge >= 0.3 is 0 Å². The van der Waals surface area contributed by atoms with Gasteiger partial charge in [0.05, 0.1) is 17.3 Å². The van der Waals surface area contributed by atoms with Gasteiger partial charge in [-0.2, -0.15) is 0 Å². The van der Waals surface area contributed by atoms with Gasteiger partial charge in [-0.3, -0.25) is 9.59 Å². The van der Waals surface area contributed by atoms with Crippen molar-refractivity contribution in [3.8, 4) is 0 Å². The van der Waals surface area contributed by atoms with E-state index >= 15 is 0 Å². The van der Waals surface area contributed by atoms with Crippen LogP contribution in [-0.2, 0) is 9.59 Å². The van der Waals surface area contributed by atoms with E-state index in [9.17, 15) is 9.59 Å². The second-order valence-corrected chi connectivity index (χ2v) is 6.25. The molecule has 1 heterocycles. The fraction of sp³-hybridized carbons (Fsp3) is 0.529. The first kappa shape index (κ1) is 17.6. The molecule has 126 valence electrons. The van der Waals surface area contributed by atoms with Crippen molar-refractivity contribution in [2.75, 3.05) is 37.6 Å². The summed E-state index contributed by atoms with van der Waals surface area (Å²) < 4.78 is 0. The Labute approximate surface area is 142 Å². The van der Waals surface area contributed by atoms with E-state index in [1.54, 1.807) is 4.90 Å². The van der Waals surface area contributed by atoms with Crippen LogP contribution >= 0.6 is 11.6 Å². The molecule has 0 saturated carbocycles. The molecule has 0 unspecified atom stereocenters. The minimum Gasteiger partial charge on any atom is -0.367 e. The smallest absolute Gasteiger partial charge is 0.242 e. The van der Waals surface area contributed by atoms with Gasteiger partial charge in [0.2, 0.25) is 11.8 Å². The van der Waals surface area contributed by atoms with Crippen molar-refractivity contribution in [3.05, 3.63) is 29.3 Å². The SMILES string of the molecule is CC[C@@H](C)C(=O)NCC(=O)N1CCN(c2ccccc2Cl)CC1. The number of benzene rings is 1. The van der Waals surface area contributed by atoms with Crippen LogP contribution in [-0.4, -0.2) is 49.4 Å². The number of nitrogens with one attached hydrogen (secondary N) is 1. The van der Waals surface area contributed by atoms with Crippen molar-refractivity contribution in [3.63, 3.8) is 0 Å². The number of nitrogens with zero attached hydrogens (tertiary/aromatic N) is 2. The van der Waals surface area contributed by atoms with Crippen LogP contribution < -0.4 is 10.2 Å². The minimum absolute atomic E-state index is 0.0274. The molecule has 2 rings (SSSR count). The number of amides is 2. The Kier molecular flexibility index (Phi) is 6.28. The summed E-state index contributed by atoms with van der Waals surface area (Å²) in [4.78, 5) is 27.9. The number of carbonyl (C=O) groups excluding carboxylic acids is 2. The molecule has 1 aromatic carbocycles. The Hall–Kier alpha value is -1.75. The number of halogens is 1. The van der Waals surface area contributed by atoms with Gasteiger partial charge in [-0.1, -0.05) is 37.6 Å². The molecule has 1 saturated heterocycles. The van der Waals surface area contributed by atoms with E-state index in [1.807, 2.05) is 38.1 Å². The van der Waals surface area contributed by atoms with Gasteiger partial charge in [0.1, 0.15) is 0 Å². The maximum absolute atomic E-state index is 12.2. The predicted molar refractivity (Wildman–Crippen MR) is 92.7 cm³/mol. The fourth-order valence-electron chi connectivity index (χ4n) is 2.54. The second-order valence-electron chi connectivity index (χ2n) is 5.85. The van der Waals surface area contributed by atoms with Gasteiger partial charge in [-0.15, -0.1) is 0 Å². The lowest BCUT2D eigenvalue weighted by Crippen LogP contribution is -2.51. The van der Waals surface area contributed by atoms with Gasteiger partial charge in [0, 0.05) is 32.1 Å². The normalized spacial score (nSPS) is 16.1. The molecule has 1 aliphatic heterocycles. The summed E-state index contributed by atoms with van der Waals surface area (Å²) in [6.07, 6.45) is 0.774. The second kappa shape index (κ2) is 8.20. The zero-order valence-corrected chi connectivity index (χ0v) is 14.5. The zero-order chi connectivity index (χ0) is 16.8. The highest BCUT2D eigenvalue weighted by molar-refractivity contribution is 6.33. The third kappa shape index (κ3) is 4.61. The van der Waals surface area contributed by atoms with Crippen LogP contribution in [0, 0.1) is 5.92 Å². The molecule has 0 aromatic heterocycles. The average Bonchev–Trinajstić information content (AvgIpc) is 2.59. The predicted octanol–water partition coefficient (Wildman–Crippen LogP) is 2.15. The summed E-state index contributed by atoms with van der Waals surface area (Å²) in [7, 11) is 0. The van der Waals surface area contributed by atoms with Crippen LogP contribution in [0.2, 0.25) is 5.02 Å². The molecule has 1 N–H and O–H groups in total. The van der Waals surface area contributed by atoms with Crippen LogP contribution in [0.4, 0.5) is 5.69 Å². The lowest BCUT2D eigenvalue weighted by atomic mass is 10.1. The van der Waals surface area contributed by atoms with E-state index in [4.69, 9.17) is 11.6 Å². The van der Waals surface area contributed by atoms with E-state index in [2.05, 4.69) is 10.2 Å². The molecular formula is C17H24ClN3O2. The van der Waals surface area contributed by atoms with E-state index in [0.29, 0.717) is 13.1 Å². The van der Waals surface area contributed by atoms with Crippen molar-refractivity contribution in [1.29, 1.82) is 0 Å². The third-order valence-electron chi connectivity index (χ3n) is 4.30. The van der Waals surface area contributed by atoms with Crippen molar-refractivity contribution in [2.45, 2.75) is 20.3 Å². The number of anilines is 1. The molecule has 23 heavy (non-hydrogen) atoms. The Morgan fingerprint density at radius 1 is 1.22 bits per heavy atom. The van der Waals surface area contributed by atoms with E-state index in [0.717, 1.165) is 30.2 Å². The number of hydrogen-bond acceptors (Lipinski definition) is 3. The molecule has 6 heteroatoms. The molecule has 0 spiro atoms. The first-order chi connectivity index (χ1) is 11.0. The maximum atomic E-state index is 12.2. The quantitative estimate of drug-likeness (QED) is 0.895. The summed E-state index contributed by atoms with van der Waals surface area (Å²) in [5.74, 6) is -0.143. The lowest BCUT2D eigenvalue weighted by molar-refractivity contribution is -0.134. The number of piperazine rings is 1. The molecule has 0 aliphatic carbocycles. The minimum atomic E-state index is -0.0597. The largest absolute Gasteiger partial charge is 0.367 e. The van der Waals surface area contributed by atoms with Crippen molar-refractivity contribution < 1.29 is 9.59 Å². The number of hydrogen-bond donors (Lipinski definition) is 1. The number of para-hydroxylation sites is 1. The molecule has 1 atom stereocenters. The average molecular weight is 338 g/mol. The fourth-order valence-corrected chi connectivity index (χ4v) is 2.79. The number of carbonyl (C=O) groups is 2. The van der Waals surface area contributed by atoms with Gasteiger partial charge < -0.3 is 15.1 Å². The molecule has 1 aliphatic rings. The third-order valence-corrected chi connectivity index (χ3v) is 4.62. The highest BCUT2D eigenvalue weighted by Crippen LogP contribution is 2.25. The van der Waals surface area contributed by atoms with Crippen LogP contribution in [0.1, 0.15) is 20.3 Å². The highest BCUT2D eigenvalue weighted by Gasteiger charge is 2.22. The molecule has 5 nitrogen and oxygen atoms in total. The van der Waals surface area contributed by atoms with Crippen molar-refractivity contribution in [1.82, 2.24) is 10.2 Å². The van der Waals surface area contributed by atoms with Crippen LogP contribution in [0.15, 0.2) is 24.3 Å². The molecule has 2 amide bonds. The number of rotatable bonds is 5. The van der Waals surface area contributed by atoms with Crippen LogP contribution in [0.5, 0.6) is 0 Å². The monoisotopic (exact) mass is 337 g/mol. The summed E-state index contributed by atoms with van der Waals surface area (Å²) >= 11 is 6.21. The molecular weight excluding hydrogens is 314 g/mol. The topological polar surface area (TPSA) is 52.7 Å². The summed E-state index contributed by atoms with van der Waals surface area (Å²) in [5.41, 5.74) is 1.01. The summed E-state index contributed by atoms with van der Waals surface area (Å²) in [6.45, 7) is 6.67. The maximum Gasteiger partial charge on any atom is 0.242 e. The van der Waals surface area contributed by atoms with Gasteiger partial charge in [0.15, 0.2) is 0 Å². The molecule has 0 bridgehead atoms.